The van der Waals surface area contributed by atoms with Crippen LogP contribution in [0.1, 0.15) is 5.56 Å². The molecule has 0 aliphatic carbocycles. The Morgan fingerprint density at radius 2 is 1.78 bits per heavy atom. The molecule has 0 radical (unpaired) electrons. The van der Waals surface area contributed by atoms with Gasteiger partial charge in [-0.25, -0.2) is 0 Å². The average molecular weight is 385 g/mol. The highest BCUT2D eigenvalue weighted by Gasteiger charge is 2.12. The molecule has 0 aliphatic rings. The Bertz CT molecular complexity index is 808. The van der Waals surface area contributed by atoms with Crippen LogP contribution in [0, 0.1) is 0 Å². The van der Waals surface area contributed by atoms with Crippen molar-refractivity contribution in [3.05, 3.63) is 60.7 Å². The third-order valence-corrected chi connectivity index (χ3v) is 4.69. The number of ether oxygens (including phenoxy) is 3. The molecule has 0 bridgehead atoms. The van der Waals surface area contributed by atoms with E-state index in [4.69, 9.17) is 14.2 Å². The SMILES string of the molecule is C=CCSc1ccccc1NC(=O)/C=C/c1cc(OC)c(OC)c(OC)c1. The van der Waals surface area contributed by atoms with Gasteiger partial charge in [-0.1, -0.05) is 18.2 Å². The summed E-state index contributed by atoms with van der Waals surface area (Å²) < 4.78 is 16.0. The van der Waals surface area contributed by atoms with Crippen LogP contribution >= 0.6 is 11.8 Å². The van der Waals surface area contributed by atoms with Crippen molar-refractivity contribution < 1.29 is 19.0 Å². The lowest BCUT2D eigenvalue weighted by molar-refractivity contribution is -0.111. The van der Waals surface area contributed by atoms with Crippen LogP contribution in [0.5, 0.6) is 17.2 Å². The van der Waals surface area contributed by atoms with Crippen LogP contribution in [-0.4, -0.2) is 33.0 Å². The minimum Gasteiger partial charge on any atom is -0.493 e. The van der Waals surface area contributed by atoms with Crippen LogP contribution in [0.3, 0.4) is 0 Å². The number of thioether (sulfide) groups is 1. The maximum atomic E-state index is 12.3. The fourth-order valence-electron chi connectivity index (χ4n) is 2.39. The second-order valence-corrected chi connectivity index (χ2v) is 6.44. The van der Waals surface area contributed by atoms with Crippen molar-refractivity contribution in [2.75, 3.05) is 32.4 Å². The molecule has 0 spiro atoms. The summed E-state index contributed by atoms with van der Waals surface area (Å²) in [6.45, 7) is 3.72. The van der Waals surface area contributed by atoms with E-state index in [-0.39, 0.29) is 5.91 Å². The maximum absolute atomic E-state index is 12.3. The lowest BCUT2D eigenvalue weighted by atomic mass is 10.1. The molecule has 0 aliphatic heterocycles. The van der Waals surface area contributed by atoms with Crippen molar-refractivity contribution in [3.63, 3.8) is 0 Å². The molecule has 27 heavy (non-hydrogen) atoms. The van der Waals surface area contributed by atoms with Gasteiger partial charge in [0, 0.05) is 16.7 Å². The smallest absolute Gasteiger partial charge is 0.248 e. The van der Waals surface area contributed by atoms with Crippen LogP contribution < -0.4 is 19.5 Å². The molecule has 0 saturated heterocycles. The number of para-hydroxylation sites is 1. The van der Waals surface area contributed by atoms with Gasteiger partial charge >= 0.3 is 0 Å². The predicted octanol–water partition coefficient (Wildman–Crippen LogP) is 4.64. The fraction of sp³-hybridized carbons (Fsp3) is 0.190. The summed E-state index contributed by atoms with van der Waals surface area (Å²) in [5.74, 6) is 2.12. The van der Waals surface area contributed by atoms with Crippen molar-refractivity contribution in [1.29, 1.82) is 0 Å². The minimum atomic E-state index is -0.226. The topological polar surface area (TPSA) is 56.8 Å². The molecule has 2 aromatic carbocycles. The lowest BCUT2D eigenvalue weighted by Gasteiger charge is -2.12. The first-order valence-electron chi connectivity index (χ1n) is 8.24. The third-order valence-electron chi connectivity index (χ3n) is 3.62. The average Bonchev–Trinajstić information content (AvgIpc) is 2.70. The summed E-state index contributed by atoms with van der Waals surface area (Å²) in [4.78, 5) is 13.3. The van der Waals surface area contributed by atoms with Gasteiger partial charge in [0.15, 0.2) is 11.5 Å². The van der Waals surface area contributed by atoms with Crippen LogP contribution in [0.4, 0.5) is 5.69 Å². The Morgan fingerprint density at radius 3 is 2.37 bits per heavy atom. The van der Waals surface area contributed by atoms with Gasteiger partial charge in [0.25, 0.3) is 0 Å². The summed E-state index contributed by atoms with van der Waals surface area (Å²) in [6, 6.07) is 11.2. The summed E-state index contributed by atoms with van der Waals surface area (Å²) >= 11 is 1.61. The minimum absolute atomic E-state index is 0.226. The van der Waals surface area contributed by atoms with E-state index < -0.39 is 0 Å². The molecule has 0 saturated carbocycles. The molecule has 0 unspecified atom stereocenters. The number of hydrogen-bond acceptors (Lipinski definition) is 5. The third kappa shape index (κ3) is 5.56. The summed E-state index contributed by atoms with van der Waals surface area (Å²) in [7, 11) is 4.65. The molecule has 6 heteroatoms. The number of anilines is 1. The first-order chi connectivity index (χ1) is 13.1. The Balaban J connectivity index is 2.17. The second kappa shape index (κ2) is 10.3. The summed E-state index contributed by atoms with van der Waals surface area (Å²) in [5, 5.41) is 2.90. The molecule has 0 aromatic heterocycles. The van der Waals surface area contributed by atoms with Gasteiger partial charge in [-0.3, -0.25) is 4.79 Å². The van der Waals surface area contributed by atoms with E-state index in [1.54, 1.807) is 51.3 Å². The van der Waals surface area contributed by atoms with E-state index in [1.165, 1.54) is 6.08 Å². The van der Waals surface area contributed by atoms with E-state index in [0.717, 1.165) is 21.9 Å². The zero-order chi connectivity index (χ0) is 19.6. The fourth-order valence-corrected chi connectivity index (χ4v) is 3.14. The van der Waals surface area contributed by atoms with E-state index in [2.05, 4.69) is 11.9 Å². The standard InChI is InChI=1S/C21H23NO4S/c1-5-12-27-19-9-7-6-8-16(19)22-20(23)11-10-15-13-17(24-2)21(26-4)18(14-15)25-3/h5-11,13-14H,1,12H2,2-4H3,(H,22,23)/b11-10+. The Hall–Kier alpha value is -2.86. The zero-order valence-electron chi connectivity index (χ0n) is 15.7. The van der Waals surface area contributed by atoms with E-state index in [9.17, 15) is 4.79 Å². The Morgan fingerprint density at radius 1 is 1.11 bits per heavy atom. The molecule has 0 heterocycles. The van der Waals surface area contributed by atoms with Gasteiger partial charge in [-0.15, -0.1) is 18.3 Å². The van der Waals surface area contributed by atoms with Crippen molar-refractivity contribution >= 4 is 29.4 Å². The Kier molecular flexibility index (Phi) is 7.82. The number of carbonyl (C=O) groups excluding carboxylic acids is 1. The van der Waals surface area contributed by atoms with Gasteiger partial charge in [0.05, 0.1) is 27.0 Å². The number of benzene rings is 2. The van der Waals surface area contributed by atoms with E-state index in [1.807, 2.05) is 30.3 Å². The van der Waals surface area contributed by atoms with Crippen LogP contribution in [0.15, 0.2) is 60.0 Å². The molecule has 142 valence electrons. The van der Waals surface area contributed by atoms with E-state index >= 15 is 0 Å². The predicted molar refractivity (Wildman–Crippen MR) is 111 cm³/mol. The number of rotatable bonds is 9. The lowest BCUT2D eigenvalue weighted by Crippen LogP contribution is -2.08. The first kappa shape index (κ1) is 20.5. The van der Waals surface area contributed by atoms with Gasteiger partial charge < -0.3 is 19.5 Å². The largest absolute Gasteiger partial charge is 0.493 e. The van der Waals surface area contributed by atoms with Crippen LogP contribution in [-0.2, 0) is 4.79 Å². The van der Waals surface area contributed by atoms with Crippen molar-refractivity contribution in [2.45, 2.75) is 4.90 Å². The molecule has 2 aromatic rings. The number of nitrogens with one attached hydrogen (secondary N) is 1. The quantitative estimate of drug-likeness (QED) is 0.387. The second-order valence-electron chi connectivity index (χ2n) is 5.38. The maximum Gasteiger partial charge on any atom is 0.248 e. The molecular weight excluding hydrogens is 362 g/mol. The van der Waals surface area contributed by atoms with Crippen LogP contribution in [0.25, 0.3) is 6.08 Å². The van der Waals surface area contributed by atoms with Gasteiger partial charge in [-0.2, -0.15) is 0 Å². The number of methoxy groups -OCH3 is 3. The highest BCUT2D eigenvalue weighted by atomic mass is 32.2. The monoisotopic (exact) mass is 385 g/mol. The number of hydrogen-bond donors (Lipinski definition) is 1. The van der Waals surface area contributed by atoms with Crippen LogP contribution in [0.2, 0.25) is 0 Å². The number of amides is 1. The highest BCUT2D eigenvalue weighted by Crippen LogP contribution is 2.38. The number of carbonyl (C=O) groups is 1. The van der Waals surface area contributed by atoms with Crippen molar-refractivity contribution in [2.24, 2.45) is 0 Å². The van der Waals surface area contributed by atoms with Gasteiger partial charge in [0.2, 0.25) is 11.7 Å². The van der Waals surface area contributed by atoms with Gasteiger partial charge in [0.1, 0.15) is 0 Å². The zero-order valence-corrected chi connectivity index (χ0v) is 16.5. The molecule has 0 atom stereocenters. The molecular formula is C21H23NO4S. The van der Waals surface area contributed by atoms with Gasteiger partial charge in [-0.05, 0) is 35.9 Å². The molecule has 2 rings (SSSR count). The molecule has 0 fully saturated rings. The normalized spacial score (nSPS) is 10.5. The Labute approximate surface area is 164 Å². The highest BCUT2D eigenvalue weighted by molar-refractivity contribution is 7.99. The van der Waals surface area contributed by atoms with E-state index in [0.29, 0.717) is 17.2 Å². The summed E-state index contributed by atoms with van der Waals surface area (Å²) in [5.41, 5.74) is 1.53. The summed E-state index contributed by atoms with van der Waals surface area (Å²) in [6.07, 6.45) is 4.99. The van der Waals surface area contributed by atoms with Crippen molar-refractivity contribution in [1.82, 2.24) is 0 Å². The molecule has 5 nitrogen and oxygen atoms in total. The first-order valence-corrected chi connectivity index (χ1v) is 9.23. The van der Waals surface area contributed by atoms with Crippen molar-refractivity contribution in [3.8, 4) is 17.2 Å². The molecule has 1 N–H and O–H groups in total. The molecule has 1 amide bonds.